The van der Waals surface area contributed by atoms with E-state index in [1.807, 2.05) is 12.3 Å². The Balaban J connectivity index is 1.84. The number of thioether (sulfide) groups is 1. The molecule has 2 N–H and O–H groups in total. The van der Waals surface area contributed by atoms with Gasteiger partial charge in [0.05, 0.1) is 11.4 Å². The van der Waals surface area contributed by atoms with E-state index in [2.05, 4.69) is 15.6 Å². The Bertz CT molecular complexity index is 674. The number of carbonyl (C=O) groups excluding carboxylic acids is 2. The zero-order chi connectivity index (χ0) is 16.7. The summed E-state index contributed by atoms with van der Waals surface area (Å²) in [6.07, 6.45) is 0.807. The zero-order valence-electron chi connectivity index (χ0n) is 12.5. The zero-order valence-corrected chi connectivity index (χ0v) is 14.1. The maximum absolute atomic E-state index is 12.9. The van der Waals surface area contributed by atoms with Crippen molar-refractivity contribution in [1.29, 1.82) is 0 Å². The van der Waals surface area contributed by atoms with Crippen LogP contribution in [0.25, 0.3) is 11.3 Å². The quantitative estimate of drug-likeness (QED) is 0.782. The molecule has 0 saturated carbocycles. The molecule has 2 rings (SSSR count). The summed E-state index contributed by atoms with van der Waals surface area (Å²) in [5.41, 5.74) is 1.55. The van der Waals surface area contributed by atoms with Gasteiger partial charge < -0.3 is 5.32 Å². The number of amides is 3. The minimum absolute atomic E-state index is 0.107. The second-order valence-corrected chi connectivity index (χ2v) is 6.68. The molecule has 0 unspecified atom stereocenters. The van der Waals surface area contributed by atoms with E-state index in [9.17, 15) is 14.0 Å². The van der Waals surface area contributed by atoms with Crippen LogP contribution in [-0.2, 0) is 4.79 Å². The summed E-state index contributed by atoms with van der Waals surface area (Å²) in [7, 11) is 0. The van der Waals surface area contributed by atoms with Crippen molar-refractivity contribution in [3.05, 3.63) is 35.5 Å². The van der Waals surface area contributed by atoms with Crippen LogP contribution in [0.3, 0.4) is 0 Å². The molecule has 0 fully saturated rings. The summed E-state index contributed by atoms with van der Waals surface area (Å²) >= 11 is 2.66. The molecule has 1 aromatic carbocycles. The van der Waals surface area contributed by atoms with E-state index in [-0.39, 0.29) is 17.5 Å². The minimum Gasteiger partial charge on any atom is -0.338 e. The van der Waals surface area contributed by atoms with E-state index in [0.29, 0.717) is 10.9 Å². The molecule has 0 saturated heterocycles. The Hall–Kier alpha value is -1.93. The number of thiazole rings is 1. The van der Waals surface area contributed by atoms with Crippen molar-refractivity contribution >= 4 is 35.0 Å². The number of aromatic nitrogens is 1. The highest BCUT2D eigenvalue weighted by atomic mass is 32.2. The van der Waals surface area contributed by atoms with Gasteiger partial charge in [-0.25, -0.2) is 14.2 Å². The highest BCUT2D eigenvalue weighted by molar-refractivity contribution is 8.01. The second kappa shape index (κ2) is 8.64. The number of benzene rings is 1. The van der Waals surface area contributed by atoms with Gasteiger partial charge in [-0.05, 0) is 30.7 Å². The summed E-state index contributed by atoms with van der Waals surface area (Å²) in [6, 6.07) is 5.59. The fourth-order valence-electron chi connectivity index (χ4n) is 1.65. The Kier molecular flexibility index (Phi) is 6.54. The average Bonchev–Trinajstić information content (AvgIpc) is 3.00. The summed E-state index contributed by atoms with van der Waals surface area (Å²) in [4.78, 5) is 27.4. The van der Waals surface area contributed by atoms with E-state index in [1.165, 1.54) is 35.2 Å². The summed E-state index contributed by atoms with van der Waals surface area (Å²) in [6.45, 7) is 2.46. The van der Waals surface area contributed by atoms with Crippen molar-refractivity contribution in [1.82, 2.24) is 15.6 Å². The number of carbonyl (C=O) groups is 2. The predicted molar refractivity (Wildman–Crippen MR) is 90.1 cm³/mol. The van der Waals surface area contributed by atoms with Crippen LogP contribution in [0.15, 0.2) is 34.0 Å². The molecule has 0 radical (unpaired) electrons. The number of imide groups is 1. The number of rotatable bonds is 6. The molecule has 0 spiro atoms. The molecule has 2 aromatic rings. The number of urea groups is 1. The first-order valence-electron chi connectivity index (χ1n) is 7.00. The maximum Gasteiger partial charge on any atom is 0.321 e. The predicted octanol–water partition coefficient (Wildman–Crippen LogP) is 3.28. The summed E-state index contributed by atoms with van der Waals surface area (Å²) < 4.78 is 13.6. The molecular weight excluding hydrogens is 337 g/mol. The smallest absolute Gasteiger partial charge is 0.321 e. The molecule has 8 heteroatoms. The third-order valence-electron chi connectivity index (χ3n) is 2.74. The lowest BCUT2D eigenvalue weighted by Gasteiger charge is -2.04. The van der Waals surface area contributed by atoms with Crippen molar-refractivity contribution in [2.45, 2.75) is 17.7 Å². The average molecular weight is 353 g/mol. The molecular formula is C15H16FN3O2S2. The third kappa shape index (κ3) is 5.65. The Morgan fingerprint density at radius 1 is 1.30 bits per heavy atom. The van der Waals surface area contributed by atoms with Gasteiger partial charge in [-0.1, -0.05) is 18.7 Å². The van der Waals surface area contributed by atoms with Gasteiger partial charge in [0.2, 0.25) is 5.91 Å². The highest BCUT2D eigenvalue weighted by Crippen LogP contribution is 2.28. The maximum atomic E-state index is 12.9. The van der Waals surface area contributed by atoms with E-state index < -0.39 is 6.03 Å². The molecule has 0 atom stereocenters. The first-order chi connectivity index (χ1) is 11.1. The van der Waals surface area contributed by atoms with Gasteiger partial charge in [-0.15, -0.1) is 11.3 Å². The molecule has 1 heterocycles. The second-order valence-electron chi connectivity index (χ2n) is 4.60. The van der Waals surface area contributed by atoms with E-state index in [1.54, 1.807) is 12.1 Å². The van der Waals surface area contributed by atoms with Crippen LogP contribution in [0.5, 0.6) is 0 Å². The topological polar surface area (TPSA) is 71.1 Å². The molecule has 3 amide bonds. The molecule has 23 heavy (non-hydrogen) atoms. The fraction of sp³-hybridized carbons (Fsp3) is 0.267. The van der Waals surface area contributed by atoms with Crippen LogP contribution in [0.4, 0.5) is 9.18 Å². The van der Waals surface area contributed by atoms with Crippen molar-refractivity contribution in [3.8, 4) is 11.3 Å². The number of hydrogen-bond donors (Lipinski definition) is 2. The van der Waals surface area contributed by atoms with Crippen molar-refractivity contribution in [2.24, 2.45) is 0 Å². The molecule has 0 bridgehead atoms. The summed E-state index contributed by atoms with van der Waals surface area (Å²) in [5, 5.41) is 6.67. The molecule has 0 aliphatic rings. The highest BCUT2D eigenvalue weighted by Gasteiger charge is 2.10. The third-order valence-corrected chi connectivity index (χ3v) is 4.76. The van der Waals surface area contributed by atoms with Gasteiger partial charge in [0.15, 0.2) is 4.34 Å². The minimum atomic E-state index is -0.483. The van der Waals surface area contributed by atoms with Crippen LogP contribution in [0.1, 0.15) is 13.3 Å². The molecule has 0 aliphatic heterocycles. The van der Waals surface area contributed by atoms with Crippen molar-refractivity contribution in [2.75, 3.05) is 12.3 Å². The number of hydrogen-bond acceptors (Lipinski definition) is 5. The SMILES string of the molecule is CCCNC(=O)NC(=O)CSc1nc(-c2ccc(F)cc2)cs1. The van der Waals surface area contributed by atoms with E-state index >= 15 is 0 Å². The van der Waals surface area contributed by atoms with Gasteiger partial charge in [-0.3, -0.25) is 10.1 Å². The van der Waals surface area contributed by atoms with Crippen LogP contribution in [-0.4, -0.2) is 29.2 Å². The van der Waals surface area contributed by atoms with Crippen LogP contribution in [0, 0.1) is 5.82 Å². The number of halogens is 1. The van der Waals surface area contributed by atoms with Gasteiger partial charge in [0.25, 0.3) is 0 Å². The van der Waals surface area contributed by atoms with E-state index in [4.69, 9.17) is 0 Å². The van der Waals surface area contributed by atoms with Crippen molar-refractivity contribution < 1.29 is 14.0 Å². The Labute approximate surface area is 141 Å². The molecule has 1 aromatic heterocycles. The largest absolute Gasteiger partial charge is 0.338 e. The first-order valence-corrected chi connectivity index (χ1v) is 8.87. The normalized spacial score (nSPS) is 10.3. The van der Waals surface area contributed by atoms with E-state index in [0.717, 1.165) is 17.7 Å². The molecule has 5 nitrogen and oxygen atoms in total. The lowest BCUT2D eigenvalue weighted by Crippen LogP contribution is -2.40. The Morgan fingerprint density at radius 3 is 2.74 bits per heavy atom. The number of nitrogens with zero attached hydrogens (tertiary/aromatic N) is 1. The molecule has 0 aliphatic carbocycles. The van der Waals surface area contributed by atoms with Crippen LogP contribution < -0.4 is 10.6 Å². The number of nitrogens with one attached hydrogen (secondary N) is 2. The molecule has 122 valence electrons. The standard InChI is InChI=1S/C15H16FN3O2S2/c1-2-7-17-14(21)19-13(20)9-23-15-18-12(8-22-15)10-3-5-11(16)6-4-10/h3-6,8H,2,7,9H2,1H3,(H2,17,19,20,21). The van der Waals surface area contributed by atoms with Gasteiger partial charge in [0.1, 0.15) is 5.82 Å². The fourth-order valence-corrected chi connectivity index (χ4v) is 3.28. The van der Waals surface area contributed by atoms with Crippen LogP contribution in [0.2, 0.25) is 0 Å². The van der Waals surface area contributed by atoms with Gasteiger partial charge in [-0.2, -0.15) is 0 Å². The van der Waals surface area contributed by atoms with Gasteiger partial charge in [0, 0.05) is 17.5 Å². The first kappa shape index (κ1) is 17.4. The monoisotopic (exact) mass is 353 g/mol. The van der Waals surface area contributed by atoms with Gasteiger partial charge >= 0.3 is 6.03 Å². The summed E-state index contributed by atoms with van der Waals surface area (Å²) in [5.74, 6) is -0.561. The lowest BCUT2D eigenvalue weighted by atomic mass is 10.2. The lowest BCUT2D eigenvalue weighted by molar-refractivity contribution is -0.117. The van der Waals surface area contributed by atoms with Crippen molar-refractivity contribution in [3.63, 3.8) is 0 Å². The Morgan fingerprint density at radius 2 is 2.04 bits per heavy atom. The van der Waals surface area contributed by atoms with Crippen LogP contribution >= 0.6 is 23.1 Å².